The Kier molecular flexibility index (Phi) is 5.36. The number of piperidine rings is 1. The molecule has 1 aliphatic rings. The average Bonchev–Trinajstić information content (AvgIpc) is 2.48. The maximum absolute atomic E-state index is 12.0. The molecule has 0 atom stereocenters. The van der Waals surface area contributed by atoms with Gasteiger partial charge >= 0.3 is 0 Å². The van der Waals surface area contributed by atoms with Crippen LogP contribution < -0.4 is 5.32 Å². The third-order valence-corrected chi connectivity index (χ3v) is 3.59. The normalized spacial score (nSPS) is 16.6. The maximum Gasteiger partial charge on any atom is 0.248 e. The van der Waals surface area contributed by atoms with Crippen LogP contribution in [0.1, 0.15) is 18.4 Å². The molecular weight excluding hydrogens is 240 g/mol. The third kappa shape index (κ3) is 4.33. The summed E-state index contributed by atoms with van der Waals surface area (Å²) in [7, 11) is 1.98. The molecule has 1 amide bonds. The third-order valence-electron chi connectivity index (χ3n) is 3.59. The quantitative estimate of drug-likeness (QED) is 0.872. The van der Waals surface area contributed by atoms with E-state index in [1.54, 1.807) is 0 Å². The van der Waals surface area contributed by atoms with E-state index in [1.807, 2.05) is 42.3 Å². The molecular formula is C15H22N2O2. The molecule has 0 aromatic heterocycles. The fourth-order valence-corrected chi connectivity index (χ4v) is 2.34. The van der Waals surface area contributed by atoms with Crippen LogP contribution in [0.3, 0.4) is 0 Å². The number of nitrogens with zero attached hydrogens (tertiary/aromatic N) is 1. The standard InChI is InChI=1S/C15H22N2O2/c1-16-14-7-9-17(10-8-14)15(18)12-19-11-13-5-3-2-4-6-13/h2-6,14,16H,7-12H2,1H3. The highest BCUT2D eigenvalue weighted by atomic mass is 16.5. The lowest BCUT2D eigenvalue weighted by atomic mass is 10.1. The second-order valence-electron chi connectivity index (χ2n) is 4.92. The van der Waals surface area contributed by atoms with Gasteiger partial charge in [0.25, 0.3) is 0 Å². The highest BCUT2D eigenvalue weighted by Gasteiger charge is 2.21. The van der Waals surface area contributed by atoms with E-state index in [0.29, 0.717) is 12.6 Å². The van der Waals surface area contributed by atoms with Gasteiger partial charge in [-0.1, -0.05) is 30.3 Å². The molecule has 1 aromatic carbocycles. The number of likely N-dealkylation sites (tertiary alicyclic amines) is 1. The number of carbonyl (C=O) groups is 1. The number of benzene rings is 1. The summed E-state index contributed by atoms with van der Waals surface area (Å²) in [5, 5.41) is 3.26. The van der Waals surface area contributed by atoms with Crippen LogP contribution in [0.15, 0.2) is 30.3 Å². The van der Waals surface area contributed by atoms with E-state index in [1.165, 1.54) is 0 Å². The highest BCUT2D eigenvalue weighted by molar-refractivity contribution is 5.77. The molecule has 1 fully saturated rings. The zero-order chi connectivity index (χ0) is 13.5. The van der Waals surface area contributed by atoms with E-state index in [4.69, 9.17) is 4.74 Å². The topological polar surface area (TPSA) is 41.6 Å². The zero-order valence-electron chi connectivity index (χ0n) is 11.5. The molecule has 0 saturated carbocycles. The van der Waals surface area contributed by atoms with E-state index in [-0.39, 0.29) is 12.5 Å². The smallest absolute Gasteiger partial charge is 0.248 e. The van der Waals surface area contributed by atoms with Gasteiger partial charge in [-0.3, -0.25) is 4.79 Å². The van der Waals surface area contributed by atoms with Crippen molar-refractivity contribution in [2.24, 2.45) is 0 Å². The first-order chi connectivity index (χ1) is 9.29. The number of amides is 1. The van der Waals surface area contributed by atoms with Crippen LogP contribution in [-0.2, 0) is 16.1 Å². The molecule has 0 aliphatic carbocycles. The molecule has 19 heavy (non-hydrogen) atoms. The molecule has 104 valence electrons. The summed E-state index contributed by atoms with van der Waals surface area (Å²) in [5.41, 5.74) is 1.10. The Morgan fingerprint density at radius 3 is 2.63 bits per heavy atom. The van der Waals surface area contributed by atoms with Crippen molar-refractivity contribution in [2.75, 3.05) is 26.7 Å². The number of hydrogen-bond acceptors (Lipinski definition) is 3. The van der Waals surface area contributed by atoms with E-state index < -0.39 is 0 Å². The first kappa shape index (κ1) is 14.0. The van der Waals surface area contributed by atoms with Gasteiger partial charge in [-0.2, -0.15) is 0 Å². The lowest BCUT2D eigenvalue weighted by Gasteiger charge is -2.31. The van der Waals surface area contributed by atoms with Gasteiger partial charge in [0.05, 0.1) is 6.61 Å². The number of carbonyl (C=O) groups excluding carboxylic acids is 1. The summed E-state index contributed by atoms with van der Waals surface area (Å²) in [4.78, 5) is 13.9. The predicted molar refractivity (Wildman–Crippen MR) is 74.8 cm³/mol. The summed E-state index contributed by atoms with van der Waals surface area (Å²) in [6.07, 6.45) is 2.06. The van der Waals surface area contributed by atoms with Gasteiger partial charge < -0.3 is 15.0 Å². The Hall–Kier alpha value is -1.39. The lowest BCUT2D eigenvalue weighted by molar-refractivity contribution is -0.137. The monoisotopic (exact) mass is 262 g/mol. The minimum Gasteiger partial charge on any atom is -0.367 e. The molecule has 1 N–H and O–H groups in total. The first-order valence-corrected chi connectivity index (χ1v) is 6.86. The van der Waals surface area contributed by atoms with E-state index in [9.17, 15) is 4.79 Å². The van der Waals surface area contributed by atoms with Crippen molar-refractivity contribution in [1.29, 1.82) is 0 Å². The Morgan fingerprint density at radius 2 is 2.00 bits per heavy atom. The maximum atomic E-state index is 12.0. The Morgan fingerprint density at radius 1 is 1.32 bits per heavy atom. The number of ether oxygens (including phenoxy) is 1. The summed E-state index contributed by atoms with van der Waals surface area (Å²) in [5.74, 6) is 0.102. The van der Waals surface area contributed by atoms with Crippen LogP contribution in [0.2, 0.25) is 0 Å². The number of hydrogen-bond donors (Lipinski definition) is 1. The van der Waals surface area contributed by atoms with Gasteiger partial charge in [-0.15, -0.1) is 0 Å². The van der Waals surface area contributed by atoms with Gasteiger partial charge in [-0.25, -0.2) is 0 Å². The summed E-state index contributed by atoms with van der Waals surface area (Å²) < 4.78 is 5.48. The molecule has 1 saturated heterocycles. The zero-order valence-corrected chi connectivity index (χ0v) is 11.5. The largest absolute Gasteiger partial charge is 0.367 e. The highest BCUT2D eigenvalue weighted by Crippen LogP contribution is 2.10. The first-order valence-electron chi connectivity index (χ1n) is 6.86. The number of rotatable bonds is 5. The van der Waals surface area contributed by atoms with Crippen molar-refractivity contribution in [3.8, 4) is 0 Å². The summed E-state index contributed by atoms with van der Waals surface area (Å²) >= 11 is 0. The minimum atomic E-state index is 0.102. The van der Waals surface area contributed by atoms with Crippen LogP contribution in [0.4, 0.5) is 0 Å². The van der Waals surface area contributed by atoms with Gasteiger partial charge in [-0.05, 0) is 25.5 Å². The Balaban J connectivity index is 1.67. The molecule has 4 heteroatoms. The molecule has 1 heterocycles. The van der Waals surface area contributed by atoms with Crippen LogP contribution in [0.5, 0.6) is 0 Å². The van der Waals surface area contributed by atoms with Crippen molar-refractivity contribution >= 4 is 5.91 Å². The second-order valence-corrected chi connectivity index (χ2v) is 4.92. The Bertz CT molecular complexity index is 386. The Labute approximate surface area is 114 Å². The molecule has 0 radical (unpaired) electrons. The molecule has 0 unspecified atom stereocenters. The lowest BCUT2D eigenvalue weighted by Crippen LogP contribution is -2.45. The van der Waals surface area contributed by atoms with Gasteiger partial charge in [0, 0.05) is 19.1 Å². The molecule has 1 aromatic rings. The van der Waals surface area contributed by atoms with Gasteiger partial charge in [0.2, 0.25) is 5.91 Å². The van der Waals surface area contributed by atoms with Crippen molar-refractivity contribution in [3.63, 3.8) is 0 Å². The summed E-state index contributed by atoms with van der Waals surface area (Å²) in [6.45, 7) is 2.34. The van der Waals surface area contributed by atoms with Crippen LogP contribution in [0.25, 0.3) is 0 Å². The summed E-state index contributed by atoms with van der Waals surface area (Å²) in [6, 6.07) is 10.5. The van der Waals surface area contributed by atoms with Crippen molar-refractivity contribution < 1.29 is 9.53 Å². The van der Waals surface area contributed by atoms with E-state index in [0.717, 1.165) is 31.5 Å². The fraction of sp³-hybridized carbons (Fsp3) is 0.533. The average molecular weight is 262 g/mol. The second kappa shape index (κ2) is 7.26. The van der Waals surface area contributed by atoms with Crippen LogP contribution >= 0.6 is 0 Å². The van der Waals surface area contributed by atoms with Crippen LogP contribution in [0, 0.1) is 0 Å². The SMILES string of the molecule is CNC1CCN(C(=O)COCc2ccccc2)CC1. The fourth-order valence-electron chi connectivity index (χ4n) is 2.34. The van der Waals surface area contributed by atoms with Gasteiger partial charge in [0.15, 0.2) is 0 Å². The molecule has 2 rings (SSSR count). The molecule has 4 nitrogen and oxygen atoms in total. The van der Waals surface area contributed by atoms with E-state index >= 15 is 0 Å². The van der Waals surface area contributed by atoms with Crippen LogP contribution in [-0.4, -0.2) is 43.6 Å². The molecule has 0 spiro atoms. The molecule has 1 aliphatic heterocycles. The van der Waals surface area contributed by atoms with Gasteiger partial charge in [0.1, 0.15) is 6.61 Å². The van der Waals surface area contributed by atoms with Crippen molar-refractivity contribution in [3.05, 3.63) is 35.9 Å². The molecule has 0 bridgehead atoms. The minimum absolute atomic E-state index is 0.102. The predicted octanol–water partition coefficient (Wildman–Crippen LogP) is 1.41. The van der Waals surface area contributed by atoms with Crippen molar-refractivity contribution in [1.82, 2.24) is 10.2 Å². The van der Waals surface area contributed by atoms with Crippen molar-refractivity contribution in [2.45, 2.75) is 25.5 Å². The number of nitrogens with one attached hydrogen (secondary N) is 1. The van der Waals surface area contributed by atoms with E-state index in [2.05, 4.69) is 5.32 Å².